The Morgan fingerprint density at radius 1 is 1.40 bits per heavy atom. The largest absolute Gasteiger partial charge is 0.383 e. The Hall–Kier alpha value is -1.47. The van der Waals surface area contributed by atoms with Crippen molar-refractivity contribution in [3.05, 3.63) is 40.6 Å². The van der Waals surface area contributed by atoms with Crippen LogP contribution >= 0.6 is 15.9 Å². The molecule has 0 bridgehead atoms. The van der Waals surface area contributed by atoms with E-state index in [0.717, 1.165) is 12.1 Å². The minimum atomic E-state index is -0.543. The first-order valence-corrected chi connectivity index (χ1v) is 6.76. The highest BCUT2D eigenvalue weighted by Gasteiger charge is 2.14. The van der Waals surface area contributed by atoms with Crippen LogP contribution in [-0.4, -0.2) is 29.3 Å². The second-order valence-electron chi connectivity index (χ2n) is 4.34. The average molecular weight is 346 g/mol. The second-order valence-corrected chi connectivity index (χ2v) is 5.19. The van der Waals surface area contributed by atoms with E-state index in [0.29, 0.717) is 12.6 Å². The number of ether oxygens (including phenoxy) is 1. The summed E-state index contributed by atoms with van der Waals surface area (Å²) >= 11 is 2.95. The van der Waals surface area contributed by atoms with Crippen molar-refractivity contribution < 1.29 is 13.5 Å². The van der Waals surface area contributed by atoms with Crippen LogP contribution in [0.25, 0.3) is 5.69 Å². The van der Waals surface area contributed by atoms with Crippen LogP contribution in [0.5, 0.6) is 0 Å². The van der Waals surface area contributed by atoms with E-state index in [9.17, 15) is 8.78 Å². The summed E-state index contributed by atoms with van der Waals surface area (Å²) in [5.74, 6) is -0.653. The monoisotopic (exact) mass is 345 g/mol. The second kappa shape index (κ2) is 6.32. The molecule has 0 radical (unpaired) electrons. The van der Waals surface area contributed by atoms with Gasteiger partial charge >= 0.3 is 0 Å². The van der Waals surface area contributed by atoms with Crippen LogP contribution in [0.2, 0.25) is 0 Å². The average Bonchev–Trinajstić information content (AvgIpc) is 2.82. The van der Waals surface area contributed by atoms with Crippen LogP contribution in [0.3, 0.4) is 0 Å². The Kier molecular flexibility index (Phi) is 4.72. The molecule has 1 aromatic carbocycles. The highest BCUT2D eigenvalue weighted by molar-refractivity contribution is 9.10. The van der Waals surface area contributed by atoms with E-state index >= 15 is 0 Å². The molecule has 1 unspecified atom stereocenters. The predicted molar refractivity (Wildman–Crippen MR) is 76.1 cm³/mol. The predicted octanol–water partition coefficient (Wildman–Crippen LogP) is 3.36. The van der Waals surface area contributed by atoms with Crippen LogP contribution in [0, 0.1) is 11.6 Å². The van der Waals surface area contributed by atoms with Gasteiger partial charge in [-0.25, -0.2) is 13.8 Å². The van der Waals surface area contributed by atoms with Gasteiger partial charge in [-0.1, -0.05) is 0 Å². The number of hydrogen-bond donors (Lipinski definition) is 1. The number of nitrogens with one attached hydrogen (secondary N) is 1. The summed E-state index contributed by atoms with van der Waals surface area (Å²) in [6.07, 6.45) is 3.08. The molecule has 2 rings (SSSR count). The Morgan fingerprint density at radius 2 is 2.15 bits per heavy atom. The molecular formula is C13H14BrF2N3O. The lowest BCUT2D eigenvalue weighted by Crippen LogP contribution is -2.23. The Labute approximate surface area is 123 Å². The van der Waals surface area contributed by atoms with Crippen LogP contribution < -0.4 is 5.32 Å². The van der Waals surface area contributed by atoms with Crippen LogP contribution in [0.1, 0.15) is 6.92 Å². The Bertz CT molecular complexity index is 603. The highest BCUT2D eigenvalue weighted by Crippen LogP contribution is 2.24. The number of halogens is 3. The van der Waals surface area contributed by atoms with Gasteiger partial charge in [0.1, 0.15) is 11.6 Å². The smallest absolute Gasteiger partial charge is 0.207 e. The lowest BCUT2D eigenvalue weighted by Gasteiger charge is -2.15. The summed E-state index contributed by atoms with van der Waals surface area (Å²) in [4.78, 5) is 4.10. The number of rotatable bonds is 5. The minimum Gasteiger partial charge on any atom is -0.383 e. The molecule has 0 aliphatic carbocycles. The normalized spacial score (nSPS) is 12.4. The van der Waals surface area contributed by atoms with Gasteiger partial charge < -0.3 is 10.1 Å². The van der Waals surface area contributed by atoms with Gasteiger partial charge in [-0.2, -0.15) is 0 Å². The summed E-state index contributed by atoms with van der Waals surface area (Å²) in [6.45, 7) is 2.38. The molecule has 7 heteroatoms. The fraction of sp³-hybridized carbons (Fsp3) is 0.308. The molecule has 20 heavy (non-hydrogen) atoms. The molecule has 0 aliphatic heterocycles. The molecule has 108 valence electrons. The summed E-state index contributed by atoms with van der Waals surface area (Å²) in [6, 6.07) is 2.20. The highest BCUT2D eigenvalue weighted by atomic mass is 79.9. The lowest BCUT2D eigenvalue weighted by molar-refractivity contribution is 0.190. The maximum absolute atomic E-state index is 14.0. The third-order valence-corrected chi connectivity index (χ3v) is 3.29. The molecule has 1 aromatic heterocycles. The number of anilines is 1. The maximum atomic E-state index is 14.0. The molecule has 1 atom stereocenters. The van der Waals surface area contributed by atoms with Crippen molar-refractivity contribution in [2.24, 2.45) is 0 Å². The SMILES string of the molecule is COCC(C)Nc1nccn1-c1cc(F)c(Br)cc1F. The first kappa shape index (κ1) is 14.9. The molecule has 0 amide bonds. The fourth-order valence-corrected chi connectivity index (χ4v) is 2.13. The third kappa shape index (κ3) is 3.16. The van der Waals surface area contributed by atoms with Crippen molar-refractivity contribution in [1.82, 2.24) is 9.55 Å². The number of imidazole rings is 1. The zero-order valence-corrected chi connectivity index (χ0v) is 12.6. The van der Waals surface area contributed by atoms with E-state index in [1.165, 1.54) is 10.8 Å². The first-order valence-electron chi connectivity index (χ1n) is 5.96. The lowest BCUT2D eigenvalue weighted by atomic mass is 10.3. The van der Waals surface area contributed by atoms with Gasteiger partial charge in [-0.3, -0.25) is 4.57 Å². The van der Waals surface area contributed by atoms with Crippen LogP contribution in [0.4, 0.5) is 14.7 Å². The van der Waals surface area contributed by atoms with E-state index < -0.39 is 11.6 Å². The van der Waals surface area contributed by atoms with Crippen LogP contribution in [0.15, 0.2) is 29.0 Å². The summed E-state index contributed by atoms with van der Waals surface area (Å²) < 4.78 is 34.1. The summed E-state index contributed by atoms with van der Waals surface area (Å²) in [5.41, 5.74) is 0.0929. The fourth-order valence-electron chi connectivity index (χ4n) is 1.81. The number of hydrogen-bond acceptors (Lipinski definition) is 3. The van der Waals surface area contributed by atoms with Gasteiger partial charge in [0.2, 0.25) is 5.95 Å². The zero-order valence-electron chi connectivity index (χ0n) is 11.0. The Morgan fingerprint density at radius 3 is 2.85 bits per heavy atom. The van der Waals surface area contributed by atoms with E-state index in [-0.39, 0.29) is 16.2 Å². The van der Waals surface area contributed by atoms with Gasteiger partial charge in [0, 0.05) is 31.6 Å². The molecule has 2 aromatic rings. The number of benzene rings is 1. The van der Waals surface area contributed by atoms with Gasteiger partial charge in [0.05, 0.1) is 16.8 Å². The van der Waals surface area contributed by atoms with E-state index in [4.69, 9.17) is 4.74 Å². The van der Waals surface area contributed by atoms with Gasteiger partial charge in [-0.15, -0.1) is 0 Å². The number of aromatic nitrogens is 2. The molecule has 0 spiro atoms. The molecular weight excluding hydrogens is 332 g/mol. The van der Waals surface area contributed by atoms with E-state index in [1.807, 2.05) is 6.92 Å². The molecule has 0 saturated heterocycles. The van der Waals surface area contributed by atoms with Crippen molar-refractivity contribution >= 4 is 21.9 Å². The third-order valence-electron chi connectivity index (χ3n) is 2.68. The Balaban J connectivity index is 2.35. The number of methoxy groups -OCH3 is 1. The summed E-state index contributed by atoms with van der Waals surface area (Å²) in [5, 5.41) is 3.08. The topological polar surface area (TPSA) is 39.1 Å². The number of nitrogens with zero attached hydrogens (tertiary/aromatic N) is 2. The molecule has 0 saturated carbocycles. The van der Waals surface area contributed by atoms with E-state index in [2.05, 4.69) is 26.2 Å². The van der Waals surface area contributed by atoms with Crippen molar-refractivity contribution in [2.75, 3.05) is 19.0 Å². The minimum absolute atomic E-state index is 0.00972. The van der Waals surface area contributed by atoms with Crippen molar-refractivity contribution in [3.8, 4) is 5.69 Å². The summed E-state index contributed by atoms with van der Waals surface area (Å²) in [7, 11) is 1.59. The zero-order chi connectivity index (χ0) is 14.7. The first-order chi connectivity index (χ1) is 9.52. The standard InChI is InChI=1S/C13H14BrF2N3O/c1-8(7-20-2)18-13-17-3-4-19(13)12-6-10(15)9(14)5-11(12)16/h3-6,8H,7H2,1-2H3,(H,17,18). The van der Waals surface area contributed by atoms with E-state index in [1.54, 1.807) is 13.3 Å². The molecule has 0 fully saturated rings. The molecule has 1 N–H and O–H groups in total. The molecule has 1 heterocycles. The van der Waals surface area contributed by atoms with Gasteiger partial charge in [0.15, 0.2) is 0 Å². The quantitative estimate of drug-likeness (QED) is 0.844. The van der Waals surface area contributed by atoms with Gasteiger partial charge in [0.25, 0.3) is 0 Å². The van der Waals surface area contributed by atoms with Gasteiger partial charge in [-0.05, 0) is 28.9 Å². The van der Waals surface area contributed by atoms with Crippen molar-refractivity contribution in [3.63, 3.8) is 0 Å². The van der Waals surface area contributed by atoms with Crippen LogP contribution in [-0.2, 0) is 4.74 Å². The van der Waals surface area contributed by atoms with Crippen molar-refractivity contribution in [1.29, 1.82) is 0 Å². The maximum Gasteiger partial charge on any atom is 0.207 e. The molecule has 4 nitrogen and oxygen atoms in total. The van der Waals surface area contributed by atoms with Crippen molar-refractivity contribution in [2.45, 2.75) is 13.0 Å². The molecule has 0 aliphatic rings.